The number of thioether (sulfide) groups is 1. The highest BCUT2D eigenvalue weighted by Gasteiger charge is 2.27. The highest BCUT2D eigenvalue weighted by molar-refractivity contribution is 7.99. The standard InChI is InChI=1S/C14H14N4O2S/c1-9-7-16-14-18(13(9)20)10(8-21-14)6-12(19)17-11-4-2-3-5-15-11/h2-5,7,10H,6,8H2,1H3,(H,15,17,19)/t10-/m1/s1. The van der Waals surface area contributed by atoms with Gasteiger partial charge in [0.2, 0.25) is 5.91 Å². The van der Waals surface area contributed by atoms with Crippen molar-refractivity contribution in [2.24, 2.45) is 0 Å². The maximum atomic E-state index is 12.2. The molecule has 0 saturated carbocycles. The Morgan fingerprint density at radius 1 is 1.48 bits per heavy atom. The van der Waals surface area contributed by atoms with Crippen molar-refractivity contribution in [1.29, 1.82) is 0 Å². The quantitative estimate of drug-likeness (QED) is 0.872. The van der Waals surface area contributed by atoms with Crippen molar-refractivity contribution in [3.8, 4) is 0 Å². The van der Waals surface area contributed by atoms with Crippen molar-refractivity contribution in [1.82, 2.24) is 14.5 Å². The van der Waals surface area contributed by atoms with E-state index in [1.54, 1.807) is 42.1 Å². The molecule has 1 atom stereocenters. The summed E-state index contributed by atoms with van der Waals surface area (Å²) in [6.07, 6.45) is 3.44. The van der Waals surface area contributed by atoms with Crippen LogP contribution in [0.25, 0.3) is 0 Å². The normalized spacial score (nSPS) is 16.5. The molecule has 1 amide bonds. The monoisotopic (exact) mass is 302 g/mol. The van der Waals surface area contributed by atoms with E-state index in [2.05, 4.69) is 15.3 Å². The second-order valence-corrected chi connectivity index (χ2v) is 5.82. The van der Waals surface area contributed by atoms with Crippen molar-refractivity contribution in [2.45, 2.75) is 24.5 Å². The van der Waals surface area contributed by atoms with Crippen LogP contribution in [0.15, 0.2) is 40.5 Å². The van der Waals surface area contributed by atoms with Gasteiger partial charge in [0.1, 0.15) is 5.82 Å². The summed E-state index contributed by atoms with van der Waals surface area (Å²) in [6.45, 7) is 1.73. The minimum absolute atomic E-state index is 0.0689. The zero-order chi connectivity index (χ0) is 14.8. The molecule has 0 unspecified atom stereocenters. The van der Waals surface area contributed by atoms with Gasteiger partial charge < -0.3 is 5.32 Å². The zero-order valence-corrected chi connectivity index (χ0v) is 12.3. The summed E-state index contributed by atoms with van der Waals surface area (Å²) < 4.78 is 1.62. The first-order valence-corrected chi connectivity index (χ1v) is 7.55. The first-order chi connectivity index (χ1) is 10.1. The van der Waals surface area contributed by atoms with E-state index >= 15 is 0 Å². The number of aromatic nitrogens is 3. The minimum atomic E-state index is -0.159. The van der Waals surface area contributed by atoms with Crippen LogP contribution < -0.4 is 10.9 Å². The number of aryl methyl sites for hydroxylation is 1. The molecule has 0 bridgehead atoms. The van der Waals surface area contributed by atoms with Crippen molar-refractivity contribution in [3.05, 3.63) is 46.5 Å². The van der Waals surface area contributed by atoms with Gasteiger partial charge in [0.25, 0.3) is 5.56 Å². The third-order valence-corrected chi connectivity index (χ3v) is 4.37. The number of carbonyl (C=O) groups excluding carboxylic acids is 1. The average Bonchev–Trinajstić information content (AvgIpc) is 2.87. The van der Waals surface area contributed by atoms with Gasteiger partial charge in [-0.3, -0.25) is 14.2 Å². The topological polar surface area (TPSA) is 76.9 Å². The van der Waals surface area contributed by atoms with E-state index in [-0.39, 0.29) is 23.9 Å². The van der Waals surface area contributed by atoms with Crippen molar-refractivity contribution < 1.29 is 4.79 Å². The molecule has 2 aromatic rings. The second kappa shape index (κ2) is 5.69. The van der Waals surface area contributed by atoms with Gasteiger partial charge in [0.05, 0.1) is 6.04 Å². The van der Waals surface area contributed by atoms with Gasteiger partial charge >= 0.3 is 0 Å². The lowest BCUT2D eigenvalue weighted by Gasteiger charge is -2.13. The number of hydrogen-bond acceptors (Lipinski definition) is 5. The molecule has 3 rings (SSSR count). The maximum absolute atomic E-state index is 12.2. The fourth-order valence-corrected chi connectivity index (χ4v) is 3.32. The molecule has 0 aromatic carbocycles. The van der Waals surface area contributed by atoms with E-state index in [1.807, 2.05) is 0 Å². The Morgan fingerprint density at radius 2 is 2.33 bits per heavy atom. The second-order valence-electron chi connectivity index (χ2n) is 4.83. The Balaban J connectivity index is 1.75. The van der Waals surface area contributed by atoms with Crippen molar-refractivity contribution >= 4 is 23.5 Å². The van der Waals surface area contributed by atoms with Crippen molar-refractivity contribution in [2.75, 3.05) is 11.1 Å². The maximum Gasteiger partial charge on any atom is 0.257 e. The molecule has 0 spiro atoms. The van der Waals surface area contributed by atoms with Crippen LogP contribution in [0.2, 0.25) is 0 Å². The molecule has 21 heavy (non-hydrogen) atoms. The molecule has 0 radical (unpaired) electrons. The zero-order valence-electron chi connectivity index (χ0n) is 11.4. The molecule has 7 heteroatoms. The van der Waals surface area contributed by atoms with E-state index < -0.39 is 0 Å². The van der Waals surface area contributed by atoms with E-state index in [0.717, 1.165) is 0 Å². The fraction of sp³-hybridized carbons (Fsp3) is 0.286. The lowest BCUT2D eigenvalue weighted by Crippen LogP contribution is -2.28. The molecule has 108 valence electrons. The molecular weight excluding hydrogens is 288 g/mol. The van der Waals surface area contributed by atoms with Crippen LogP contribution in [0.3, 0.4) is 0 Å². The number of fused-ring (bicyclic) bond motifs is 1. The van der Waals surface area contributed by atoms with Gasteiger partial charge in [-0.1, -0.05) is 17.8 Å². The molecule has 1 aliphatic heterocycles. The third kappa shape index (κ3) is 2.82. The first kappa shape index (κ1) is 13.8. The number of nitrogens with one attached hydrogen (secondary N) is 1. The van der Waals surface area contributed by atoms with Gasteiger partial charge in [0, 0.05) is 30.1 Å². The summed E-state index contributed by atoms with van der Waals surface area (Å²) in [7, 11) is 0. The number of rotatable bonds is 3. The van der Waals surface area contributed by atoms with Gasteiger partial charge in [-0.05, 0) is 19.1 Å². The molecule has 1 N–H and O–H groups in total. The number of carbonyl (C=O) groups is 1. The summed E-state index contributed by atoms with van der Waals surface area (Å²) in [4.78, 5) is 32.5. The SMILES string of the molecule is Cc1cnc2n(c1=O)[C@H](CC(=O)Nc1ccccn1)CS2. The van der Waals surface area contributed by atoms with Gasteiger partial charge in [-0.25, -0.2) is 9.97 Å². The Kier molecular flexibility index (Phi) is 3.74. The Labute approximate surface area is 125 Å². The largest absolute Gasteiger partial charge is 0.311 e. The van der Waals surface area contributed by atoms with Crippen LogP contribution in [0.5, 0.6) is 0 Å². The predicted molar refractivity (Wildman–Crippen MR) is 80.5 cm³/mol. The van der Waals surface area contributed by atoms with Gasteiger partial charge in [-0.2, -0.15) is 0 Å². The number of pyridine rings is 1. The molecular formula is C14H14N4O2S. The Hall–Kier alpha value is -2.15. The highest BCUT2D eigenvalue weighted by atomic mass is 32.2. The number of anilines is 1. The van der Waals surface area contributed by atoms with Crippen LogP contribution >= 0.6 is 11.8 Å². The number of nitrogens with zero attached hydrogens (tertiary/aromatic N) is 3. The lowest BCUT2D eigenvalue weighted by molar-refractivity contribution is -0.116. The molecule has 2 aromatic heterocycles. The molecule has 1 aliphatic rings. The van der Waals surface area contributed by atoms with E-state index in [0.29, 0.717) is 22.3 Å². The lowest BCUT2D eigenvalue weighted by atomic mass is 10.2. The van der Waals surface area contributed by atoms with E-state index in [9.17, 15) is 9.59 Å². The summed E-state index contributed by atoms with van der Waals surface area (Å²) in [5.74, 6) is 1.05. The van der Waals surface area contributed by atoms with Crippen LogP contribution in [-0.2, 0) is 4.79 Å². The summed E-state index contributed by atoms with van der Waals surface area (Å²) in [5.41, 5.74) is 0.525. The smallest absolute Gasteiger partial charge is 0.257 e. The number of amides is 1. The van der Waals surface area contributed by atoms with Crippen LogP contribution in [-0.4, -0.2) is 26.2 Å². The Bertz CT molecular complexity index is 729. The minimum Gasteiger partial charge on any atom is -0.311 e. The van der Waals surface area contributed by atoms with Crippen LogP contribution in [0.4, 0.5) is 5.82 Å². The molecule has 0 aliphatic carbocycles. The van der Waals surface area contributed by atoms with Gasteiger partial charge in [-0.15, -0.1) is 0 Å². The average molecular weight is 302 g/mol. The van der Waals surface area contributed by atoms with Crippen molar-refractivity contribution in [3.63, 3.8) is 0 Å². The molecule has 3 heterocycles. The summed E-state index contributed by atoms with van der Waals surface area (Å²) in [6, 6.07) is 5.16. The van der Waals surface area contributed by atoms with Crippen LogP contribution in [0.1, 0.15) is 18.0 Å². The molecule has 0 saturated heterocycles. The fourth-order valence-electron chi connectivity index (χ4n) is 2.22. The Morgan fingerprint density at radius 3 is 3.10 bits per heavy atom. The van der Waals surface area contributed by atoms with E-state index in [4.69, 9.17) is 0 Å². The van der Waals surface area contributed by atoms with Gasteiger partial charge in [0.15, 0.2) is 5.16 Å². The van der Waals surface area contributed by atoms with E-state index in [1.165, 1.54) is 11.8 Å². The highest BCUT2D eigenvalue weighted by Crippen LogP contribution is 2.31. The molecule has 0 fully saturated rings. The molecule has 6 nitrogen and oxygen atoms in total. The third-order valence-electron chi connectivity index (χ3n) is 3.25. The summed E-state index contributed by atoms with van der Waals surface area (Å²) >= 11 is 1.50. The number of hydrogen-bond donors (Lipinski definition) is 1. The van der Waals surface area contributed by atoms with Crippen LogP contribution in [0, 0.1) is 6.92 Å². The summed E-state index contributed by atoms with van der Waals surface area (Å²) in [5, 5.41) is 3.42. The first-order valence-electron chi connectivity index (χ1n) is 6.57. The predicted octanol–water partition coefficient (Wildman–Crippen LogP) is 1.62.